The number of nitrogens with one attached hydrogen (secondary N) is 1. The van der Waals surface area contributed by atoms with Crippen molar-refractivity contribution in [3.8, 4) is 0 Å². The number of anilines is 1. The average molecular weight is 465 g/mol. The molecule has 0 radical (unpaired) electrons. The van der Waals surface area contributed by atoms with Gasteiger partial charge in [0.1, 0.15) is 5.69 Å². The topological polar surface area (TPSA) is 86.9 Å². The molecule has 33 heavy (non-hydrogen) atoms. The summed E-state index contributed by atoms with van der Waals surface area (Å²) in [6.07, 6.45) is 11.8. The number of hydrogen-bond donors (Lipinski definition) is 1. The molecule has 5 heterocycles. The van der Waals surface area contributed by atoms with E-state index in [0.29, 0.717) is 23.4 Å². The molecule has 1 amide bonds. The number of pyridine rings is 1. The van der Waals surface area contributed by atoms with Crippen molar-refractivity contribution in [1.29, 1.82) is 0 Å². The van der Waals surface area contributed by atoms with Gasteiger partial charge < -0.3 is 13.9 Å². The number of thiazole rings is 1. The third-order valence-corrected chi connectivity index (χ3v) is 6.10. The molecule has 1 aliphatic rings. The van der Waals surface area contributed by atoms with Gasteiger partial charge >= 0.3 is 0 Å². The van der Waals surface area contributed by atoms with Crippen molar-refractivity contribution in [2.24, 2.45) is 0 Å². The Kier molecular flexibility index (Phi) is 6.09. The molecular formula is C23H21FN6O2S. The molecule has 0 spiro atoms. The number of nitrogens with zero attached hydrogens (tertiary/aromatic N) is 5. The molecule has 0 saturated carbocycles. The van der Waals surface area contributed by atoms with Crippen molar-refractivity contribution in [3.05, 3.63) is 83.2 Å². The van der Waals surface area contributed by atoms with E-state index in [-0.39, 0.29) is 5.91 Å². The minimum absolute atomic E-state index is 0.281. The first-order chi connectivity index (χ1) is 16.1. The molecular weight excluding hydrogens is 443 g/mol. The van der Waals surface area contributed by atoms with E-state index < -0.39 is 5.95 Å². The number of halogens is 1. The van der Waals surface area contributed by atoms with Crippen molar-refractivity contribution in [1.82, 2.24) is 24.1 Å². The van der Waals surface area contributed by atoms with E-state index >= 15 is 0 Å². The van der Waals surface area contributed by atoms with Crippen LogP contribution in [0.2, 0.25) is 0 Å². The molecule has 4 aromatic rings. The molecule has 1 aliphatic heterocycles. The third kappa shape index (κ3) is 5.07. The Hall–Kier alpha value is -3.63. The second-order valence-electron chi connectivity index (χ2n) is 7.64. The molecule has 1 fully saturated rings. The molecule has 0 bridgehead atoms. The van der Waals surface area contributed by atoms with E-state index in [1.807, 2.05) is 30.1 Å². The molecule has 1 N–H and O–H groups in total. The summed E-state index contributed by atoms with van der Waals surface area (Å²) in [4.78, 5) is 25.2. The number of rotatable bonds is 7. The average Bonchev–Trinajstić information content (AvgIpc) is 3.59. The summed E-state index contributed by atoms with van der Waals surface area (Å²) in [5, 5.41) is 5.20. The van der Waals surface area contributed by atoms with Gasteiger partial charge in [0.2, 0.25) is 5.95 Å². The van der Waals surface area contributed by atoms with Crippen LogP contribution in [0.4, 0.5) is 9.52 Å². The van der Waals surface area contributed by atoms with E-state index in [1.165, 1.54) is 23.6 Å². The molecule has 10 heteroatoms. The van der Waals surface area contributed by atoms with Gasteiger partial charge in [-0.1, -0.05) is 0 Å². The molecule has 1 saturated heterocycles. The first-order valence-corrected chi connectivity index (χ1v) is 11.3. The highest BCUT2D eigenvalue weighted by atomic mass is 32.1. The molecule has 168 valence electrons. The van der Waals surface area contributed by atoms with Crippen molar-refractivity contribution >= 4 is 34.5 Å². The molecule has 1 atom stereocenters. The van der Waals surface area contributed by atoms with Gasteiger partial charge in [0, 0.05) is 37.1 Å². The summed E-state index contributed by atoms with van der Waals surface area (Å²) in [6.45, 7) is 1.87. The summed E-state index contributed by atoms with van der Waals surface area (Å²) in [7, 11) is 0. The fourth-order valence-electron chi connectivity index (χ4n) is 3.64. The first-order valence-electron chi connectivity index (χ1n) is 10.5. The highest BCUT2D eigenvalue weighted by molar-refractivity contribution is 7.14. The predicted octanol–water partition coefficient (Wildman–Crippen LogP) is 4.11. The van der Waals surface area contributed by atoms with Crippen molar-refractivity contribution in [2.75, 3.05) is 18.5 Å². The van der Waals surface area contributed by atoms with Crippen LogP contribution in [0.15, 0.2) is 54.6 Å². The van der Waals surface area contributed by atoms with Crippen LogP contribution < -0.4 is 5.32 Å². The molecule has 5 rings (SSSR count). The van der Waals surface area contributed by atoms with E-state index in [9.17, 15) is 9.18 Å². The fraction of sp³-hybridized carbons (Fsp3) is 0.217. The highest BCUT2D eigenvalue weighted by Crippen LogP contribution is 2.21. The van der Waals surface area contributed by atoms with Crippen molar-refractivity contribution in [2.45, 2.75) is 19.0 Å². The number of ether oxygens (including phenoxy) is 1. The van der Waals surface area contributed by atoms with Crippen molar-refractivity contribution in [3.63, 3.8) is 0 Å². The second kappa shape index (κ2) is 9.47. The highest BCUT2D eigenvalue weighted by Gasteiger charge is 2.17. The van der Waals surface area contributed by atoms with Gasteiger partial charge in [-0.05, 0) is 48.4 Å². The van der Waals surface area contributed by atoms with Crippen LogP contribution in [0, 0.1) is 5.95 Å². The standard InChI is InChI=1S/C23H21FN6O2S/c24-21-10-16(5-7-25-21)11-29-8-1-2-20(29)22(31)28-23-27-18(14-33-23)4-3-17-12-30(15-26-17)19-6-9-32-13-19/h1-5,7-8,10,12,14-15,19H,6,9,11,13H2,(H,27,28,31). The van der Waals surface area contributed by atoms with Gasteiger partial charge in [-0.25, -0.2) is 15.0 Å². The van der Waals surface area contributed by atoms with Crippen LogP contribution in [0.3, 0.4) is 0 Å². The van der Waals surface area contributed by atoms with Gasteiger partial charge in [0.25, 0.3) is 5.91 Å². The zero-order valence-electron chi connectivity index (χ0n) is 17.6. The Morgan fingerprint density at radius 2 is 2.21 bits per heavy atom. The number of hydrogen-bond acceptors (Lipinski definition) is 6. The summed E-state index contributed by atoms with van der Waals surface area (Å²) in [5.74, 6) is -0.828. The maximum Gasteiger partial charge on any atom is 0.274 e. The van der Waals surface area contributed by atoms with Crippen LogP contribution in [-0.4, -0.2) is 43.2 Å². The summed E-state index contributed by atoms with van der Waals surface area (Å²) < 4.78 is 22.6. The number of amides is 1. The van der Waals surface area contributed by atoms with Gasteiger partial charge in [-0.15, -0.1) is 11.3 Å². The van der Waals surface area contributed by atoms with Gasteiger partial charge in [-0.2, -0.15) is 4.39 Å². The Bertz CT molecular complexity index is 1290. The van der Waals surface area contributed by atoms with Crippen LogP contribution in [-0.2, 0) is 11.3 Å². The minimum atomic E-state index is -0.548. The minimum Gasteiger partial charge on any atom is -0.379 e. The SMILES string of the molecule is O=C(Nc1nc(C=Cc2cn(C3CCOC3)cn2)cs1)c1cccn1Cc1ccnc(F)c1. The lowest BCUT2D eigenvalue weighted by molar-refractivity contribution is 0.101. The Labute approximate surface area is 193 Å². The first kappa shape index (κ1) is 21.2. The van der Waals surface area contributed by atoms with Gasteiger partial charge in [0.15, 0.2) is 5.13 Å². The predicted molar refractivity (Wildman–Crippen MR) is 123 cm³/mol. The van der Waals surface area contributed by atoms with Crippen molar-refractivity contribution < 1.29 is 13.9 Å². The summed E-state index contributed by atoms with van der Waals surface area (Å²) in [5.41, 5.74) is 2.75. The Balaban J connectivity index is 1.22. The fourth-order valence-corrected chi connectivity index (χ4v) is 4.32. The Morgan fingerprint density at radius 3 is 3.06 bits per heavy atom. The number of carbonyl (C=O) groups excluding carboxylic acids is 1. The second-order valence-corrected chi connectivity index (χ2v) is 8.49. The van der Waals surface area contributed by atoms with E-state index in [0.717, 1.165) is 36.6 Å². The van der Waals surface area contributed by atoms with Gasteiger partial charge in [0.05, 0.1) is 30.4 Å². The summed E-state index contributed by atoms with van der Waals surface area (Å²) >= 11 is 1.34. The van der Waals surface area contributed by atoms with Crippen LogP contribution in [0.5, 0.6) is 0 Å². The van der Waals surface area contributed by atoms with Gasteiger partial charge in [-0.3, -0.25) is 10.1 Å². The lowest BCUT2D eigenvalue weighted by Gasteiger charge is -2.09. The number of carbonyl (C=O) groups is 1. The smallest absolute Gasteiger partial charge is 0.274 e. The largest absolute Gasteiger partial charge is 0.379 e. The lowest BCUT2D eigenvalue weighted by atomic mass is 10.2. The normalized spacial score (nSPS) is 16.0. The molecule has 0 aromatic carbocycles. The Morgan fingerprint density at radius 1 is 1.30 bits per heavy atom. The van der Waals surface area contributed by atoms with Crippen LogP contribution >= 0.6 is 11.3 Å². The number of aromatic nitrogens is 5. The molecule has 0 aliphatic carbocycles. The van der Waals surface area contributed by atoms with E-state index in [1.54, 1.807) is 29.0 Å². The van der Waals surface area contributed by atoms with Crippen LogP contribution in [0.25, 0.3) is 12.2 Å². The molecule has 1 unspecified atom stereocenters. The summed E-state index contributed by atoms with van der Waals surface area (Å²) in [6, 6.07) is 6.91. The zero-order chi connectivity index (χ0) is 22.6. The number of imidazole rings is 1. The maximum atomic E-state index is 13.4. The van der Waals surface area contributed by atoms with Crippen LogP contribution in [0.1, 0.15) is 39.9 Å². The van der Waals surface area contributed by atoms with E-state index in [2.05, 4.69) is 24.8 Å². The van der Waals surface area contributed by atoms with E-state index in [4.69, 9.17) is 4.74 Å². The lowest BCUT2D eigenvalue weighted by Crippen LogP contribution is -2.17. The third-order valence-electron chi connectivity index (χ3n) is 5.32. The quantitative estimate of drug-likeness (QED) is 0.416. The zero-order valence-corrected chi connectivity index (χ0v) is 18.4. The molecule has 8 nitrogen and oxygen atoms in total. The maximum absolute atomic E-state index is 13.4. The molecule has 4 aromatic heterocycles. The monoisotopic (exact) mass is 464 g/mol.